The Balaban J connectivity index is 0.000000245. The molecule has 4 aromatic heterocycles. The van der Waals surface area contributed by atoms with Crippen LogP contribution < -0.4 is 5.19 Å². The maximum absolute atomic E-state index is 8.75. The Bertz CT molecular complexity index is 2250. The van der Waals surface area contributed by atoms with Crippen molar-refractivity contribution in [3.05, 3.63) is 108 Å². The first kappa shape index (κ1) is 27.5. The van der Waals surface area contributed by atoms with Crippen LogP contribution in [0.5, 0.6) is 0 Å². The van der Waals surface area contributed by atoms with E-state index in [1.165, 1.54) is 6.07 Å². The molecule has 0 amide bonds. The van der Waals surface area contributed by atoms with Gasteiger partial charge in [-0.25, -0.2) is 4.98 Å². The maximum Gasteiger partial charge on any atom is 0.216 e. The van der Waals surface area contributed by atoms with Crippen LogP contribution in [0, 0.1) is 29.8 Å². The summed E-state index contributed by atoms with van der Waals surface area (Å²) in [6, 6.07) is 26.1. The molecule has 4 nitrogen and oxygen atoms in total. The second-order valence-corrected chi connectivity index (χ2v) is 19.6. The van der Waals surface area contributed by atoms with Crippen LogP contribution in [-0.4, -0.2) is 23.0 Å². The molecule has 0 saturated carbocycles. The second-order valence-electron chi connectivity index (χ2n) is 14.6. The topological polar surface area (TPSA) is 51.8 Å². The number of hydrogen-bond donors (Lipinski definition) is 0. The van der Waals surface area contributed by atoms with E-state index in [0.29, 0.717) is 27.8 Å². The van der Waals surface area contributed by atoms with Crippen LogP contribution in [0.3, 0.4) is 0 Å². The number of aromatic nitrogens is 3. The van der Waals surface area contributed by atoms with Crippen molar-refractivity contribution in [2.45, 2.75) is 80.8 Å². The zero-order chi connectivity index (χ0) is 39.4. The molecule has 47 heavy (non-hydrogen) atoms. The van der Waals surface area contributed by atoms with Gasteiger partial charge in [-0.2, -0.15) is 0 Å². The summed E-state index contributed by atoms with van der Waals surface area (Å²) in [7, 11) is -1.70. The summed E-state index contributed by atoms with van der Waals surface area (Å²) in [4.78, 5) is 13.2. The van der Waals surface area contributed by atoms with E-state index < -0.39 is 38.5 Å². The van der Waals surface area contributed by atoms with Crippen molar-refractivity contribution in [1.29, 1.82) is 0 Å². The SMILES string of the molecule is [2H]C([2H])([2H])c1ccc2c(n1)oc1c[c-]c(-c3cc(C([2H])([2H])C(C)(C)C)ccn3)cc12.[2H]C([2H])(c1cc(-c2[c-]cccc2)ncc1[Si](C)(C)C)C(C)(C)C.[Ir]. The van der Waals surface area contributed by atoms with Gasteiger partial charge in [0.2, 0.25) is 5.71 Å². The van der Waals surface area contributed by atoms with Crippen LogP contribution in [0.4, 0.5) is 0 Å². The predicted molar refractivity (Wildman–Crippen MR) is 196 cm³/mol. The molecule has 4 heterocycles. The number of pyridine rings is 3. The molecule has 0 spiro atoms. The minimum absolute atomic E-state index is 0. The Hall–Kier alpha value is -3.44. The maximum atomic E-state index is 8.75. The largest absolute Gasteiger partial charge is 0.486 e. The molecule has 0 atom stereocenters. The Kier molecular flexibility index (Phi) is 8.40. The summed E-state index contributed by atoms with van der Waals surface area (Å²) in [5, 5.41) is 2.57. The Labute approximate surface area is 305 Å². The van der Waals surface area contributed by atoms with Crippen LogP contribution in [-0.2, 0) is 32.9 Å². The molecule has 0 N–H and O–H groups in total. The Morgan fingerprint density at radius 3 is 2.23 bits per heavy atom. The standard InChI is InChI=1S/C22H21N2O.C19H26NSi.Ir/c1-14-5-7-17-18-12-16(6-8-20(18)25-21(17)24-14)19-11-15(9-10-23-19)13-22(2,3)4;1-19(2,3)13-16-12-17(15-10-8-7-9-11-15)20-14-18(16)21(4,5)6;/h5,7-12H,13H2,1-4H3;7-10,12,14H,13H2,1-6H3;/q2*-1;/i1D3,13D2;13D2;. The van der Waals surface area contributed by atoms with Crippen LogP contribution in [0.2, 0.25) is 19.6 Å². The summed E-state index contributed by atoms with van der Waals surface area (Å²) in [5.41, 5.74) is 4.04. The number of hydrogen-bond acceptors (Lipinski definition) is 4. The van der Waals surface area contributed by atoms with Crippen molar-refractivity contribution in [2.24, 2.45) is 10.8 Å². The van der Waals surface area contributed by atoms with E-state index in [9.17, 15) is 0 Å². The Morgan fingerprint density at radius 1 is 0.830 bits per heavy atom. The third-order valence-electron chi connectivity index (χ3n) is 7.03. The number of aryl methyl sites for hydroxylation is 1. The quantitative estimate of drug-likeness (QED) is 0.128. The number of nitrogens with zero attached hydrogens (tertiary/aromatic N) is 3. The first-order valence-corrected chi connectivity index (χ1v) is 19.0. The zero-order valence-corrected chi connectivity index (χ0v) is 32.0. The molecule has 247 valence electrons. The predicted octanol–water partition coefficient (Wildman–Crippen LogP) is 10.4. The molecule has 0 unspecified atom stereocenters. The molecule has 0 aliphatic rings. The van der Waals surface area contributed by atoms with Crippen molar-refractivity contribution >= 4 is 35.3 Å². The van der Waals surface area contributed by atoms with Crippen molar-refractivity contribution < 1.29 is 34.1 Å². The molecular formula is C41H47IrN3OSi-2. The van der Waals surface area contributed by atoms with Gasteiger partial charge in [0.1, 0.15) is 0 Å². The van der Waals surface area contributed by atoms with Crippen LogP contribution in [0.15, 0.2) is 83.5 Å². The van der Waals surface area contributed by atoms with Gasteiger partial charge < -0.3 is 14.4 Å². The molecule has 6 rings (SSSR count). The number of rotatable bonds is 5. The fourth-order valence-electron chi connectivity index (χ4n) is 5.10. The van der Waals surface area contributed by atoms with Gasteiger partial charge in [-0.05, 0) is 65.2 Å². The van der Waals surface area contributed by atoms with Crippen molar-refractivity contribution in [1.82, 2.24) is 15.0 Å². The number of fused-ring (bicyclic) bond motifs is 3. The van der Waals surface area contributed by atoms with Crippen LogP contribution in [0.25, 0.3) is 44.6 Å². The molecule has 1 radical (unpaired) electrons. The molecule has 0 fully saturated rings. The van der Waals surface area contributed by atoms with Gasteiger partial charge in [-0.15, -0.1) is 59.7 Å². The van der Waals surface area contributed by atoms with E-state index in [1.807, 2.05) is 84.1 Å². The smallest absolute Gasteiger partial charge is 0.216 e. The van der Waals surface area contributed by atoms with Crippen molar-refractivity contribution in [3.63, 3.8) is 0 Å². The molecule has 6 heteroatoms. The molecular weight excluding hydrogens is 771 g/mol. The van der Waals surface area contributed by atoms with E-state index in [2.05, 4.69) is 46.7 Å². The normalized spacial score (nSPS) is 15.1. The first-order chi connectivity index (χ1) is 24.3. The minimum Gasteiger partial charge on any atom is -0.486 e. The number of benzene rings is 2. The van der Waals surface area contributed by atoms with Gasteiger partial charge in [0, 0.05) is 53.2 Å². The van der Waals surface area contributed by atoms with E-state index >= 15 is 0 Å². The summed E-state index contributed by atoms with van der Waals surface area (Å²) >= 11 is 0. The van der Waals surface area contributed by atoms with Gasteiger partial charge in [-0.3, -0.25) is 0 Å². The molecule has 6 aromatic rings. The van der Waals surface area contributed by atoms with Gasteiger partial charge in [0.25, 0.3) is 0 Å². The molecule has 2 aromatic carbocycles. The zero-order valence-electron chi connectivity index (χ0n) is 35.6. The van der Waals surface area contributed by atoms with Crippen LogP contribution >= 0.6 is 0 Å². The Morgan fingerprint density at radius 2 is 1.57 bits per heavy atom. The minimum atomic E-state index is -2.30. The fourth-order valence-corrected chi connectivity index (χ4v) is 6.49. The molecule has 0 saturated heterocycles. The second kappa shape index (κ2) is 14.4. The van der Waals surface area contributed by atoms with Gasteiger partial charge >= 0.3 is 0 Å². The van der Waals surface area contributed by atoms with E-state index in [1.54, 1.807) is 30.5 Å². The molecule has 0 aliphatic carbocycles. The first-order valence-electron chi connectivity index (χ1n) is 19.0. The monoisotopic (exact) mass is 825 g/mol. The van der Waals surface area contributed by atoms with Crippen molar-refractivity contribution in [3.8, 4) is 22.5 Å². The summed E-state index contributed by atoms with van der Waals surface area (Å²) in [5.74, 6) is 0. The van der Waals surface area contributed by atoms with Crippen molar-refractivity contribution in [2.75, 3.05) is 0 Å². The van der Waals surface area contributed by atoms with E-state index in [-0.39, 0.29) is 31.5 Å². The molecule has 0 aliphatic heterocycles. The average Bonchev–Trinajstić information content (AvgIpc) is 3.44. The summed E-state index contributed by atoms with van der Waals surface area (Å²) < 4.78 is 62.9. The van der Waals surface area contributed by atoms with Gasteiger partial charge in [0.15, 0.2) is 0 Å². The average molecular weight is 825 g/mol. The number of furan rings is 1. The van der Waals surface area contributed by atoms with E-state index in [4.69, 9.17) is 14.0 Å². The third kappa shape index (κ3) is 9.56. The fraction of sp³-hybridized carbons (Fsp3) is 0.341. The summed E-state index contributed by atoms with van der Waals surface area (Å²) in [6.07, 6.45) is 0.535. The summed E-state index contributed by atoms with van der Waals surface area (Å²) in [6.45, 7) is 15.9. The van der Waals surface area contributed by atoms with Gasteiger partial charge in [0.05, 0.1) is 13.7 Å². The van der Waals surface area contributed by atoms with Crippen LogP contribution in [0.1, 0.15) is 68.0 Å². The third-order valence-corrected chi connectivity index (χ3v) is 9.05. The molecule has 0 bridgehead atoms. The van der Waals surface area contributed by atoms with E-state index in [0.717, 1.165) is 27.4 Å². The van der Waals surface area contributed by atoms with Gasteiger partial charge in [-0.1, -0.05) is 89.8 Å².